The zero-order valence-corrected chi connectivity index (χ0v) is 11.8. The Bertz CT molecular complexity index is 673. The number of anilines is 2. The first-order chi connectivity index (χ1) is 10.1. The highest BCUT2D eigenvalue weighted by Crippen LogP contribution is 2.15. The van der Waals surface area contributed by atoms with Crippen molar-refractivity contribution in [3.63, 3.8) is 0 Å². The monoisotopic (exact) mass is 281 g/mol. The van der Waals surface area contributed by atoms with Crippen LogP contribution in [0.15, 0.2) is 36.4 Å². The smallest absolute Gasteiger partial charge is 0.271 e. The van der Waals surface area contributed by atoms with Gasteiger partial charge in [0.15, 0.2) is 11.5 Å². The summed E-state index contributed by atoms with van der Waals surface area (Å²) in [6, 6.07) is 12.4. The first-order valence-corrected chi connectivity index (χ1v) is 6.50. The van der Waals surface area contributed by atoms with Crippen LogP contribution in [0.5, 0.6) is 0 Å². The van der Waals surface area contributed by atoms with Crippen LogP contribution in [0.25, 0.3) is 0 Å². The van der Waals surface area contributed by atoms with Crippen molar-refractivity contribution in [3.8, 4) is 6.07 Å². The number of hydrogen-bond acceptors (Lipinski definition) is 5. The Morgan fingerprint density at radius 2 is 2.05 bits per heavy atom. The molecule has 0 saturated heterocycles. The van der Waals surface area contributed by atoms with E-state index in [0.29, 0.717) is 11.4 Å². The molecule has 0 atom stereocenters. The average Bonchev–Trinajstić information content (AvgIpc) is 2.47. The van der Waals surface area contributed by atoms with E-state index in [1.54, 1.807) is 30.3 Å². The molecule has 106 valence electrons. The molecule has 0 spiro atoms. The minimum absolute atomic E-state index is 0.0471. The predicted molar refractivity (Wildman–Crippen MR) is 79.1 cm³/mol. The van der Waals surface area contributed by atoms with Gasteiger partial charge in [-0.1, -0.05) is 6.07 Å². The van der Waals surface area contributed by atoms with Crippen LogP contribution >= 0.6 is 0 Å². The largest absolute Gasteiger partial charge is 0.348 e. The molecule has 1 aromatic carbocycles. The summed E-state index contributed by atoms with van der Waals surface area (Å²) >= 11 is 0. The lowest BCUT2D eigenvalue weighted by atomic mass is 10.2. The molecule has 0 aliphatic rings. The highest BCUT2D eigenvalue weighted by atomic mass is 16.1. The summed E-state index contributed by atoms with van der Waals surface area (Å²) in [5.41, 5.74) is 1.56. The molecule has 0 radical (unpaired) electrons. The second kappa shape index (κ2) is 6.48. The maximum Gasteiger partial charge on any atom is 0.271 e. The highest BCUT2D eigenvalue weighted by molar-refractivity contribution is 5.92. The van der Waals surface area contributed by atoms with E-state index in [9.17, 15) is 4.79 Å². The van der Waals surface area contributed by atoms with Crippen molar-refractivity contribution in [2.45, 2.75) is 19.9 Å². The van der Waals surface area contributed by atoms with Gasteiger partial charge in [0, 0.05) is 11.7 Å². The first kappa shape index (κ1) is 14.5. The van der Waals surface area contributed by atoms with Gasteiger partial charge < -0.3 is 10.6 Å². The van der Waals surface area contributed by atoms with Crippen LogP contribution in [0.4, 0.5) is 11.5 Å². The summed E-state index contributed by atoms with van der Waals surface area (Å²) in [6.07, 6.45) is 0. The van der Waals surface area contributed by atoms with E-state index in [2.05, 4.69) is 26.9 Å². The van der Waals surface area contributed by atoms with E-state index in [1.807, 2.05) is 19.9 Å². The summed E-state index contributed by atoms with van der Waals surface area (Å²) < 4.78 is 0. The molecule has 1 heterocycles. The summed E-state index contributed by atoms with van der Waals surface area (Å²) in [6.45, 7) is 3.76. The zero-order chi connectivity index (χ0) is 15.2. The van der Waals surface area contributed by atoms with Crippen molar-refractivity contribution < 1.29 is 4.79 Å². The SMILES string of the molecule is CC(C)NC(=O)c1ccc(Nc2cccc(C#N)c2)nn1. The van der Waals surface area contributed by atoms with Gasteiger partial charge in [-0.25, -0.2) is 0 Å². The van der Waals surface area contributed by atoms with Gasteiger partial charge in [-0.05, 0) is 44.2 Å². The maximum absolute atomic E-state index is 11.7. The van der Waals surface area contributed by atoms with Gasteiger partial charge in [-0.3, -0.25) is 4.79 Å². The van der Waals surface area contributed by atoms with Gasteiger partial charge in [0.25, 0.3) is 5.91 Å². The molecule has 1 amide bonds. The Balaban J connectivity index is 2.09. The number of amides is 1. The third kappa shape index (κ3) is 4.01. The number of carbonyl (C=O) groups is 1. The Morgan fingerprint density at radius 1 is 1.24 bits per heavy atom. The topological polar surface area (TPSA) is 90.7 Å². The van der Waals surface area contributed by atoms with Crippen LogP contribution in [-0.4, -0.2) is 22.1 Å². The van der Waals surface area contributed by atoms with Crippen molar-refractivity contribution >= 4 is 17.4 Å². The molecule has 0 fully saturated rings. The third-order valence-corrected chi connectivity index (χ3v) is 2.58. The fourth-order valence-corrected chi connectivity index (χ4v) is 1.67. The lowest BCUT2D eigenvalue weighted by Crippen LogP contribution is -2.30. The molecule has 6 nitrogen and oxygen atoms in total. The van der Waals surface area contributed by atoms with Crippen LogP contribution in [-0.2, 0) is 0 Å². The van der Waals surface area contributed by atoms with Crippen molar-refractivity contribution in [2.75, 3.05) is 5.32 Å². The summed E-state index contributed by atoms with van der Waals surface area (Å²) in [5, 5.41) is 22.5. The van der Waals surface area contributed by atoms with E-state index >= 15 is 0 Å². The number of nitrogens with one attached hydrogen (secondary N) is 2. The van der Waals surface area contributed by atoms with Gasteiger partial charge in [-0.2, -0.15) is 5.26 Å². The van der Waals surface area contributed by atoms with E-state index in [-0.39, 0.29) is 17.6 Å². The highest BCUT2D eigenvalue weighted by Gasteiger charge is 2.09. The summed E-state index contributed by atoms with van der Waals surface area (Å²) in [5.74, 6) is 0.252. The van der Waals surface area contributed by atoms with Gasteiger partial charge in [-0.15, -0.1) is 10.2 Å². The predicted octanol–water partition coefficient (Wildman–Crippen LogP) is 2.23. The minimum atomic E-state index is -0.254. The lowest BCUT2D eigenvalue weighted by molar-refractivity contribution is 0.0937. The van der Waals surface area contributed by atoms with Crippen LogP contribution in [0, 0.1) is 11.3 Å². The number of nitrogens with zero attached hydrogens (tertiary/aromatic N) is 3. The fourth-order valence-electron chi connectivity index (χ4n) is 1.67. The first-order valence-electron chi connectivity index (χ1n) is 6.50. The summed E-state index contributed by atoms with van der Waals surface area (Å²) in [7, 11) is 0. The second-order valence-electron chi connectivity index (χ2n) is 4.75. The molecule has 2 N–H and O–H groups in total. The molecule has 2 aromatic rings. The minimum Gasteiger partial charge on any atom is -0.348 e. The number of aromatic nitrogens is 2. The van der Waals surface area contributed by atoms with E-state index in [0.717, 1.165) is 5.69 Å². The van der Waals surface area contributed by atoms with Gasteiger partial charge in [0.1, 0.15) is 0 Å². The summed E-state index contributed by atoms with van der Waals surface area (Å²) in [4.78, 5) is 11.7. The average molecular weight is 281 g/mol. The molecule has 2 rings (SSSR count). The van der Waals surface area contributed by atoms with Crippen LogP contribution in [0.1, 0.15) is 29.9 Å². The van der Waals surface area contributed by atoms with E-state index < -0.39 is 0 Å². The van der Waals surface area contributed by atoms with Crippen molar-refractivity contribution in [1.82, 2.24) is 15.5 Å². The standard InChI is InChI=1S/C15H15N5O/c1-10(2)17-15(21)13-6-7-14(20-19-13)18-12-5-3-4-11(8-12)9-16/h3-8,10H,1-2H3,(H,17,21)(H,18,20). The second-order valence-corrected chi connectivity index (χ2v) is 4.75. The molecule has 0 aliphatic heterocycles. The number of nitriles is 1. The molecule has 0 unspecified atom stereocenters. The Hall–Kier alpha value is -2.94. The molecule has 0 bridgehead atoms. The maximum atomic E-state index is 11.7. The number of carbonyl (C=O) groups excluding carboxylic acids is 1. The van der Waals surface area contributed by atoms with Crippen molar-refractivity contribution in [3.05, 3.63) is 47.7 Å². The lowest BCUT2D eigenvalue weighted by Gasteiger charge is -2.08. The van der Waals surface area contributed by atoms with Crippen LogP contribution in [0.2, 0.25) is 0 Å². The molecular weight excluding hydrogens is 266 g/mol. The van der Waals surface area contributed by atoms with Crippen molar-refractivity contribution in [2.24, 2.45) is 0 Å². The molecule has 1 aromatic heterocycles. The normalized spacial score (nSPS) is 10.0. The van der Waals surface area contributed by atoms with E-state index in [1.165, 1.54) is 0 Å². The fraction of sp³-hybridized carbons (Fsp3) is 0.200. The Morgan fingerprint density at radius 3 is 2.67 bits per heavy atom. The van der Waals surface area contributed by atoms with Crippen molar-refractivity contribution in [1.29, 1.82) is 5.26 Å². The molecule has 21 heavy (non-hydrogen) atoms. The van der Waals surface area contributed by atoms with Gasteiger partial charge in [0.05, 0.1) is 11.6 Å². The van der Waals surface area contributed by atoms with Crippen LogP contribution in [0.3, 0.4) is 0 Å². The Kier molecular flexibility index (Phi) is 4.46. The molecule has 0 saturated carbocycles. The quantitative estimate of drug-likeness (QED) is 0.896. The number of benzene rings is 1. The van der Waals surface area contributed by atoms with Gasteiger partial charge in [0.2, 0.25) is 0 Å². The molecular formula is C15H15N5O. The molecule has 6 heteroatoms. The Labute approximate surface area is 122 Å². The van der Waals surface area contributed by atoms with Gasteiger partial charge >= 0.3 is 0 Å². The van der Waals surface area contributed by atoms with E-state index in [4.69, 9.17) is 5.26 Å². The zero-order valence-electron chi connectivity index (χ0n) is 11.8. The number of rotatable bonds is 4. The number of hydrogen-bond donors (Lipinski definition) is 2. The molecule has 0 aliphatic carbocycles. The third-order valence-electron chi connectivity index (χ3n) is 2.58. The van der Waals surface area contributed by atoms with Crippen LogP contribution < -0.4 is 10.6 Å².